The molecule has 0 saturated carbocycles. The number of halogens is 1. The highest BCUT2D eigenvalue weighted by Crippen LogP contribution is 2.45. The number of carbonyl (C=O) groups excluding carboxylic acids is 2. The Morgan fingerprint density at radius 1 is 0.586 bits per heavy atom. The summed E-state index contributed by atoms with van der Waals surface area (Å²) in [5.74, 6) is 1.66. The number of fused-ring (bicyclic) bond motifs is 4. The summed E-state index contributed by atoms with van der Waals surface area (Å²) in [6.45, 7) is 15.5. The van der Waals surface area contributed by atoms with E-state index in [2.05, 4.69) is 41.8 Å². The van der Waals surface area contributed by atoms with E-state index in [0.717, 1.165) is 106 Å². The van der Waals surface area contributed by atoms with Crippen molar-refractivity contribution in [2.75, 3.05) is 66.6 Å². The van der Waals surface area contributed by atoms with Gasteiger partial charge in [-0.3, -0.25) is 14.2 Å². The SMILES string of the molecule is CCC[N+](C)(CC)CCOC(=O)C1c2ccccc2Oc2ccccc21.CCC[N+](C)(CC)CCOC(=O)C1c2ccccc2Oc2ccccc21.O=P([O-])(O)O.[Cl-]. The Morgan fingerprint density at radius 2 is 0.845 bits per heavy atom. The predicted octanol–water partition coefficient (Wildman–Crippen LogP) is 4.13. The number of quaternary nitrogens is 2. The van der Waals surface area contributed by atoms with Gasteiger partial charge in [-0.05, 0) is 51.0 Å². The summed E-state index contributed by atoms with van der Waals surface area (Å²) >= 11 is 0. The summed E-state index contributed by atoms with van der Waals surface area (Å²) < 4.78 is 34.0. The third-order valence-corrected chi connectivity index (χ3v) is 10.6. The first kappa shape index (κ1) is 48.1. The van der Waals surface area contributed by atoms with Crippen LogP contribution in [0.15, 0.2) is 97.1 Å². The van der Waals surface area contributed by atoms with Crippen LogP contribution in [-0.2, 0) is 23.6 Å². The summed E-state index contributed by atoms with van der Waals surface area (Å²) in [4.78, 5) is 48.9. The lowest BCUT2D eigenvalue weighted by molar-refractivity contribution is -0.908. The molecule has 2 heterocycles. The number of hydrogen-bond acceptors (Lipinski definition) is 8. The Hall–Kier alpha value is -4.26. The molecule has 0 aromatic heterocycles. The average molecular weight is 841 g/mol. The van der Waals surface area contributed by atoms with Crippen molar-refractivity contribution in [3.63, 3.8) is 0 Å². The smallest absolute Gasteiger partial charge is 0.318 e. The van der Waals surface area contributed by atoms with E-state index < -0.39 is 19.7 Å². The normalized spacial score (nSPS) is 14.8. The van der Waals surface area contributed by atoms with Gasteiger partial charge >= 0.3 is 11.9 Å². The summed E-state index contributed by atoms with van der Waals surface area (Å²) in [6.07, 6.45) is 2.25. The Bertz CT molecular complexity index is 1760. The van der Waals surface area contributed by atoms with E-state index >= 15 is 0 Å². The Kier molecular flexibility index (Phi) is 18.4. The van der Waals surface area contributed by atoms with Gasteiger partial charge in [0.2, 0.25) is 0 Å². The molecular weight excluding hydrogens is 783 g/mol. The molecule has 0 amide bonds. The number of carbonyl (C=O) groups is 2. The largest absolute Gasteiger partial charge is 1.00 e. The molecule has 0 radical (unpaired) electrons. The summed E-state index contributed by atoms with van der Waals surface area (Å²) in [7, 11) is -0.452. The van der Waals surface area contributed by atoms with E-state index in [1.165, 1.54) is 0 Å². The number of para-hydroxylation sites is 4. The average Bonchev–Trinajstić information content (AvgIpc) is 3.18. The third kappa shape index (κ3) is 13.4. The maximum atomic E-state index is 13.0. The first-order chi connectivity index (χ1) is 27.2. The second-order valence-corrected chi connectivity index (χ2v) is 15.8. The van der Waals surface area contributed by atoms with E-state index in [-0.39, 0.29) is 24.3 Å². The van der Waals surface area contributed by atoms with Gasteiger partial charge in [-0.1, -0.05) is 86.6 Å². The minimum atomic E-state index is -4.89. The van der Waals surface area contributed by atoms with Crippen molar-refractivity contribution in [1.29, 1.82) is 0 Å². The number of esters is 2. The molecule has 0 saturated heterocycles. The van der Waals surface area contributed by atoms with Gasteiger partial charge in [0.05, 0.1) is 40.3 Å². The van der Waals surface area contributed by atoms with Crippen molar-refractivity contribution in [2.24, 2.45) is 0 Å². The van der Waals surface area contributed by atoms with Gasteiger partial charge in [0.15, 0.2) is 0 Å². The first-order valence-corrected chi connectivity index (χ1v) is 21.2. The van der Waals surface area contributed by atoms with E-state index in [9.17, 15) is 9.59 Å². The summed E-state index contributed by atoms with van der Waals surface area (Å²) in [5, 5.41) is 0. The highest BCUT2D eigenvalue weighted by molar-refractivity contribution is 7.43. The third-order valence-electron chi connectivity index (χ3n) is 10.6. The van der Waals surface area contributed by atoms with Crippen LogP contribution in [0.5, 0.6) is 23.0 Å². The van der Waals surface area contributed by atoms with Gasteiger partial charge < -0.3 is 55.0 Å². The molecule has 2 atom stereocenters. The molecule has 2 aliphatic heterocycles. The second kappa shape index (κ2) is 22.2. The zero-order valence-corrected chi connectivity index (χ0v) is 36.0. The van der Waals surface area contributed by atoms with Crippen LogP contribution in [0, 0.1) is 0 Å². The molecule has 4 aromatic carbocycles. The van der Waals surface area contributed by atoms with Crippen LogP contribution in [0.4, 0.5) is 0 Å². The van der Waals surface area contributed by atoms with Crippen LogP contribution in [0.1, 0.15) is 74.6 Å². The number of benzene rings is 4. The Labute approximate surface area is 349 Å². The summed E-state index contributed by atoms with van der Waals surface area (Å²) in [5.41, 5.74) is 3.49. The monoisotopic (exact) mass is 840 g/mol. The van der Waals surface area contributed by atoms with Crippen LogP contribution in [-0.4, -0.2) is 97.3 Å². The fourth-order valence-electron chi connectivity index (χ4n) is 7.16. The van der Waals surface area contributed by atoms with Crippen LogP contribution in [0.25, 0.3) is 0 Å². The molecule has 316 valence electrons. The molecule has 2 N–H and O–H groups in total. The first-order valence-electron chi connectivity index (χ1n) is 19.6. The Morgan fingerprint density at radius 3 is 1.09 bits per heavy atom. The highest BCUT2D eigenvalue weighted by Gasteiger charge is 2.35. The topological polar surface area (TPSA) is 152 Å². The van der Waals surface area contributed by atoms with Gasteiger partial charge in [-0.25, -0.2) is 0 Å². The molecular formula is C44H58ClN2O10P. The maximum absolute atomic E-state index is 13.0. The van der Waals surface area contributed by atoms with Gasteiger partial charge in [0.1, 0.15) is 61.1 Å². The van der Waals surface area contributed by atoms with Gasteiger partial charge in [0.25, 0.3) is 7.82 Å². The lowest BCUT2D eigenvalue weighted by atomic mass is 9.88. The van der Waals surface area contributed by atoms with Crippen LogP contribution >= 0.6 is 7.82 Å². The quantitative estimate of drug-likeness (QED) is 0.108. The van der Waals surface area contributed by atoms with Gasteiger partial charge in [-0.2, -0.15) is 0 Å². The van der Waals surface area contributed by atoms with Crippen molar-refractivity contribution in [3.05, 3.63) is 119 Å². The van der Waals surface area contributed by atoms with Crippen molar-refractivity contribution >= 4 is 19.8 Å². The number of rotatable bonds is 14. The lowest BCUT2D eigenvalue weighted by Gasteiger charge is -2.33. The maximum Gasteiger partial charge on any atom is 0.318 e. The van der Waals surface area contributed by atoms with Crippen molar-refractivity contribution < 1.29 is 69.2 Å². The minimum Gasteiger partial charge on any atom is -1.00 e. The molecule has 2 unspecified atom stereocenters. The van der Waals surface area contributed by atoms with Crippen LogP contribution < -0.4 is 26.8 Å². The number of hydrogen-bond donors (Lipinski definition) is 2. The fourth-order valence-corrected chi connectivity index (χ4v) is 7.16. The zero-order valence-electron chi connectivity index (χ0n) is 34.3. The fraction of sp³-hybridized carbons (Fsp3) is 0.409. The molecule has 0 bridgehead atoms. The van der Waals surface area contributed by atoms with Crippen molar-refractivity contribution in [1.82, 2.24) is 0 Å². The van der Waals surface area contributed by atoms with Crippen LogP contribution in [0.3, 0.4) is 0 Å². The van der Waals surface area contributed by atoms with E-state index in [1.54, 1.807) is 0 Å². The predicted molar refractivity (Wildman–Crippen MR) is 217 cm³/mol. The molecule has 2 aliphatic rings. The molecule has 12 nitrogen and oxygen atoms in total. The van der Waals surface area contributed by atoms with E-state index in [0.29, 0.717) is 13.2 Å². The Balaban J connectivity index is 0.000000274. The van der Waals surface area contributed by atoms with Crippen molar-refractivity contribution in [3.8, 4) is 23.0 Å². The van der Waals surface area contributed by atoms with E-state index in [4.69, 9.17) is 38.2 Å². The standard InChI is InChI=1S/2C22H28NO3.ClH.H3O4P/c2*1-4-14-23(3,5-2)15-16-25-22(24)21-17-10-6-8-12-19(17)26-20-13-9-7-11-18(20)21;;1-5(2,3)4/h2*6-13,21H,4-5,14-16H2,1-3H3;1H;(H3,1,2,3,4)/q2*+1;;/p-2. The van der Waals surface area contributed by atoms with Gasteiger partial charge in [-0.15, -0.1) is 0 Å². The molecule has 0 fully saturated rings. The molecule has 6 rings (SSSR count). The van der Waals surface area contributed by atoms with Gasteiger partial charge in [0, 0.05) is 22.3 Å². The minimum absolute atomic E-state index is 0. The zero-order chi connectivity index (χ0) is 41.6. The molecule has 58 heavy (non-hydrogen) atoms. The highest BCUT2D eigenvalue weighted by atomic mass is 35.5. The lowest BCUT2D eigenvalue weighted by Crippen LogP contribution is -3.00. The van der Waals surface area contributed by atoms with Crippen molar-refractivity contribution in [2.45, 2.75) is 52.4 Å². The summed E-state index contributed by atoms with van der Waals surface area (Å²) in [6, 6.07) is 30.8. The second-order valence-electron chi connectivity index (χ2n) is 14.8. The van der Waals surface area contributed by atoms with E-state index in [1.807, 2.05) is 97.1 Å². The molecule has 0 spiro atoms. The number of nitrogens with zero attached hydrogens (tertiary/aromatic N) is 2. The molecule has 0 aliphatic carbocycles. The van der Waals surface area contributed by atoms with Crippen LogP contribution in [0.2, 0.25) is 0 Å². The number of ether oxygens (including phenoxy) is 4. The molecule has 4 aromatic rings. The molecule has 14 heteroatoms. The number of likely N-dealkylation sites (N-methyl/N-ethyl adjacent to an activating group) is 2. The number of phosphoric acid groups is 1.